The first-order chi connectivity index (χ1) is 7.38. The van der Waals surface area contributed by atoms with Crippen molar-refractivity contribution in [2.45, 2.75) is 20.8 Å². The average molecular weight is 202 g/mol. The van der Waals surface area contributed by atoms with Gasteiger partial charge in [-0.3, -0.25) is 0 Å². The topological polar surface area (TPSA) is 17.1 Å². The Balaban J connectivity index is 0.000000342. The molecule has 1 nitrogen and oxygen atoms in total. The van der Waals surface area contributed by atoms with E-state index >= 15 is 0 Å². The van der Waals surface area contributed by atoms with E-state index in [1.807, 2.05) is 19.9 Å². The van der Waals surface area contributed by atoms with Gasteiger partial charge in [-0.05, 0) is 18.1 Å². The van der Waals surface area contributed by atoms with Gasteiger partial charge in [-0.1, -0.05) is 62.4 Å². The lowest BCUT2D eigenvalue weighted by Crippen LogP contribution is -1.59. The highest BCUT2D eigenvalue weighted by Gasteiger charge is 1.94. The van der Waals surface area contributed by atoms with E-state index in [0.29, 0.717) is 0 Å². The Labute approximate surface area is 92.1 Å². The molecule has 0 spiro atoms. The fraction of sp³-hybridized carbons (Fsp3) is 0.214. The van der Waals surface area contributed by atoms with Gasteiger partial charge in [0.2, 0.25) is 0 Å². The second-order valence-electron chi connectivity index (χ2n) is 2.58. The summed E-state index contributed by atoms with van der Waals surface area (Å²) in [7, 11) is 0. The van der Waals surface area contributed by atoms with E-state index in [1.54, 1.807) is 0 Å². The Morgan fingerprint density at radius 2 is 1.13 bits per heavy atom. The second kappa shape index (κ2) is 8.95. The molecule has 0 aliphatic heterocycles. The highest BCUT2D eigenvalue weighted by atomic mass is 16.1. The lowest BCUT2D eigenvalue weighted by atomic mass is 10.2. The first kappa shape index (κ1) is 13.4. The lowest BCUT2D eigenvalue weighted by molar-refractivity contribution is -0.106. The van der Waals surface area contributed by atoms with Gasteiger partial charge in [-0.25, -0.2) is 0 Å². The molecule has 0 unspecified atom stereocenters. The molecule has 0 heterocycles. The zero-order valence-electron chi connectivity index (χ0n) is 9.60. The average Bonchev–Trinajstić information content (AvgIpc) is 2.60. The Morgan fingerprint density at radius 3 is 1.53 bits per heavy atom. The van der Waals surface area contributed by atoms with E-state index in [0.717, 1.165) is 6.29 Å². The van der Waals surface area contributed by atoms with Crippen molar-refractivity contribution in [2.24, 2.45) is 0 Å². The molecular formula is C14H18O. The van der Waals surface area contributed by atoms with Crippen LogP contribution in [0, 0.1) is 0 Å². The Kier molecular flexibility index (Phi) is 7.97. The van der Waals surface area contributed by atoms with Gasteiger partial charge in [-0.15, -0.1) is 0 Å². The number of rotatable bonds is 0. The standard InChI is InChI=1S/C10H8.C2H4O.C2H6/c1-2-5-9-7-4-8-10(9)6-3-1;1-2-3;1-2/h1-8H;2H,1H3;1-2H3. The van der Waals surface area contributed by atoms with Crippen LogP contribution in [0.5, 0.6) is 0 Å². The summed E-state index contributed by atoms with van der Waals surface area (Å²) in [6.07, 6.45) is 0.750. The molecular weight excluding hydrogens is 184 g/mol. The van der Waals surface area contributed by atoms with Gasteiger partial charge >= 0.3 is 0 Å². The molecule has 0 amide bonds. The molecule has 0 saturated heterocycles. The third-order valence-electron chi connectivity index (χ3n) is 1.66. The van der Waals surface area contributed by atoms with Crippen LogP contribution in [0.2, 0.25) is 0 Å². The van der Waals surface area contributed by atoms with Crippen molar-refractivity contribution in [3.63, 3.8) is 0 Å². The van der Waals surface area contributed by atoms with Crippen molar-refractivity contribution in [1.29, 1.82) is 0 Å². The van der Waals surface area contributed by atoms with E-state index in [-0.39, 0.29) is 0 Å². The van der Waals surface area contributed by atoms with Gasteiger partial charge in [0, 0.05) is 0 Å². The molecule has 0 atom stereocenters. The molecule has 1 heteroatoms. The van der Waals surface area contributed by atoms with Crippen LogP contribution in [0.4, 0.5) is 0 Å². The molecule has 0 aromatic carbocycles. The highest BCUT2D eigenvalue weighted by Crippen LogP contribution is 2.19. The van der Waals surface area contributed by atoms with Gasteiger partial charge in [0.15, 0.2) is 0 Å². The van der Waals surface area contributed by atoms with Crippen LogP contribution in [-0.2, 0) is 4.79 Å². The molecule has 0 saturated carbocycles. The van der Waals surface area contributed by atoms with Crippen molar-refractivity contribution >= 4 is 6.29 Å². The van der Waals surface area contributed by atoms with E-state index < -0.39 is 0 Å². The summed E-state index contributed by atoms with van der Waals surface area (Å²) in [6, 6.07) is 16.7. The number of carbonyl (C=O) groups excluding carboxylic acids is 1. The lowest BCUT2D eigenvalue weighted by Gasteiger charge is -1.85. The van der Waals surface area contributed by atoms with Gasteiger partial charge < -0.3 is 4.79 Å². The number of hydrogen-bond donors (Lipinski definition) is 0. The largest absolute Gasteiger partial charge is 0.304 e. The Morgan fingerprint density at radius 1 is 0.800 bits per heavy atom. The predicted octanol–water partition coefficient (Wildman–Crippen LogP) is 4.02. The van der Waals surface area contributed by atoms with Crippen LogP contribution in [0.15, 0.2) is 48.5 Å². The quantitative estimate of drug-likeness (QED) is 0.590. The summed E-state index contributed by atoms with van der Waals surface area (Å²) in [6.45, 7) is 5.44. The molecule has 80 valence electrons. The maximum absolute atomic E-state index is 8.81. The molecule has 0 bridgehead atoms. The molecule has 0 aromatic rings. The number of fused-ring (bicyclic) bond motifs is 1. The monoisotopic (exact) mass is 202 g/mol. The van der Waals surface area contributed by atoms with Crippen molar-refractivity contribution < 1.29 is 4.79 Å². The fourth-order valence-corrected chi connectivity index (χ4v) is 1.13. The Bertz CT molecular complexity index is 313. The van der Waals surface area contributed by atoms with Crippen LogP contribution < -0.4 is 0 Å². The van der Waals surface area contributed by atoms with Crippen molar-refractivity contribution in [3.05, 3.63) is 48.5 Å². The van der Waals surface area contributed by atoms with Crippen LogP contribution >= 0.6 is 0 Å². The zero-order valence-corrected chi connectivity index (χ0v) is 9.60. The van der Waals surface area contributed by atoms with Crippen molar-refractivity contribution in [2.75, 3.05) is 0 Å². The predicted molar refractivity (Wildman–Crippen MR) is 66.2 cm³/mol. The van der Waals surface area contributed by atoms with Gasteiger partial charge in [0.1, 0.15) is 6.29 Å². The molecule has 0 fully saturated rings. The highest BCUT2D eigenvalue weighted by molar-refractivity contribution is 5.65. The van der Waals surface area contributed by atoms with Crippen LogP contribution in [-0.4, -0.2) is 6.29 Å². The van der Waals surface area contributed by atoms with Crippen LogP contribution in [0.25, 0.3) is 11.1 Å². The Hall–Kier alpha value is -1.63. The minimum atomic E-state index is 0.750. The molecule has 2 aliphatic carbocycles. The minimum absolute atomic E-state index is 0.750. The summed E-state index contributed by atoms with van der Waals surface area (Å²) >= 11 is 0. The summed E-state index contributed by atoms with van der Waals surface area (Å²) in [5.74, 6) is 0. The number of carbonyl (C=O) groups is 1. The summed E-state index contributed by atoms with van der Waals surface area (Å²) in [5, 5.41) is 0. The molecule has 0 radical (unpaired) electrons. The number of aldehydes is 1. The maximum Gasteiger partial charge on any atom is 0.116 e. The summed E-state index contributed by atoms with van der Waals surface area (Å²) in [4.78, 5) is 8.81. The maximum atomic E-state index is 8.81. The minimum Gasteiger partial charge on any atom is -0.304 e. The van der Waals surface area contributed by atoms with E-state index in [4.69, 9.17) is 4.79 Å². The number of hydrogen-bond acceptors (Lipinski definition) is 1. The molecule has 2 rings (SSSR count). The smallest absolute Gasteiger partial charge is 0.116 e. The molecule has 0 aromatic heterocycles. The molecule has 0 N–H and O–H groups in total. The van der Waals surface area contributed by atoms with Gasteiger partial charge in [0.05, 0.1) is 0 Å². The van der Waals surface area contributed by atoms with Crippen molar-refractivity contribution in [1.82, 2.24) is 0 Å². The normalized spacial score (nSPS) is 7.93. The van der Waals surface area contributed by atoms with E-state index in [1.165, 1.54) is 18.1 Å². The zero-order chi connectivity index (χ0) is 11.5. The summed E-state index contributed by atoms with van der Waals surface area (Å²) in [5.41, 5.74) is 2.62. The first-order valence-corrected chi connectivity index (χ1v) is 5.22. The van der Waals surface area contributed by atoms with Crippen LogP contribution in [0.1, 0.15) is 20.8 Å². The second-order valence-corrected chi connectivity index (χ2v) is 2.58. The fourth-order valence-electron chi connectivity index (χ4n) is 1.13. The molecule has 15 heavy (non-hydrogen) atoms. The first-order valence-electron chi connectivity index (χ1n) is 5.22. The third kappa shape index (κ3) is 4.96. The SMILES string of the molecule is CC.CC=O.c1ccc2cccc-2cc1. The van der Waals surface area contributed by atoms with Crippen LogP contribution in [0.3, 0.4) is 0 Å². The van der Waals surface area contributed by atoms with Gasteiger partial charge in [0.25, 0.3) is 0 Å². The van der Waals surface area contributed by atoms with E-state index in [9.17, 15) is 0 Å². The van der Waals surface area contributed by atoms with Crippen molar-refractivity contribution in [3.8, 4) is 11.1 Å². The summed E-state index contributed by atoms with van der Waals surface area (Å²) < 4.78 is 0. The van der Waals surface area contributed by atoms with Gasteiger partial charge in [-0.2, -0.15) is 0 Å². The third-order valence-corrected chi connectivity index (χ3v) is 1.66. The molecule has 2 aliphatic rings. The van der Waals surface area contributed by atoms with E-state index in [2.05, 4.69) is 42.5 Å².